The van der Waals surface area contributed by atoms with Crippen LogP contribution in [0.25, 0.3) is 0 Å². The summed E-state index contributed by atoms with van der Waals surface area (Å²) < 4.78 is 6.96. The van der Waals surface area contributed by atoms with Crippen LogP contribution in [0.3, 0.4) is 0 Å². The fraction of sp³-hybridized carbons (Fsp3) is 0.333. The van der Waals surface area contributed by atoms with Gasteiger partial charge in [-0.2, -0.15) is 0 Å². The second-order valence-electron chi connectivity index (χ2n) is 6.91. The Hall–Kier alpha value is -3.07. The van der Waals surface area contributed by atoms with Crippen LogP contribution in [0.5, 0.6) is 0 Å². The minimum absolute atomic E-state index is 0.103. The van der Waals surface area contributed by atoms with Crippen LogP contribution in [-0.4, -0.2) is 32.3 Å². The first-order valence-electron chi connectivity index (χ1n) is 9.63. The maximum Gasteiger partial charge on any atom is 0.287 e. The number of aromatic nitrogens is 3. The average Bonchev–Trinajstić information content (AvgIpc) is 3.37. The summed E-state index contributed by atoms with van der Waals surface area (Å²) in [5.41, 5.74) is 4.10. The minimum atomic E-state index is -0.317. The van der Waals surface area contributed by atoms with E-state index in [1.54, 1.807) is 12.1 Å². The summed E-state index contributed by atoms with van der Waals surface area (Å²) in [6.07, 6.45) is 1.45. The number of thioether (sulfide) groups is 1. The van der Waals surface area contributed by atoms with E-state index < -0.39 is 0 Å². The molecule has 2 amide bonds. The van der Waals surface area contributed by atoms with Gasteiger partial charge in [0, 0.05) is 12.2 Å². The highest BCUT2D eigenvalue weighted by molar-refractivity contribution is 7.99. The highest BCUT2D eigenvalue weighted by Gasteiger charge is 2.16. The zero-order valence-corrected chi connectivity index (χ0v) is 18.3. The molecule has 3 aromatic rings. The largest absolute Gasteiger partial charge is 0.459 e. The first kappa shape index (κ1) is 21.6. The van der Waals surface area contributed by atoms with Gasteiger partial charge in [-0.05, 0) is 51.0 Å². The van der Waals surface area contributed by atoms with Crippen molar-refractivity contribution in [3.63, 3.8) is 0 Å². The van der Waals surface area contributed by atoms with Crippen molar-refractivity contribution in [2.45, 2.75) is 45.9 Å². The Labute approximate surface area is 179 Å². The van der Waals surface area contributed by atoms with E-state index in [-0.39, 0.29) is 29.9 Å². The molecule has 0 saturated heterocycles. The number of furan rings is 1. The Morgan fingerprint density at radius 3 is 2.53 bits per heavy atom. The number of nitrogens with one attached hydrogen (secondary N) is 2. The van der Waals surface area contributed by atoms with Crippen LogP contribution < -0.4 is 10.6 Å². The molecule has 0 radical (unpaired) electrons. The Morgan fingerprint density at radius 2 is 1.90 bits per heavy atom. The fourth-order valence-electron chi connectivity index (χ4n) is 3.21. The summed E-state index contributed by atoms with van der Waals surface area (Å²) in [6.45, 7) is 8.81. The second-order valence-corrected chi connectivity index (χ2v) is 7.86. The van der Waals surface area contributed by atoms with E-state index in [0.29, 0.717) is 17.5 Å². The van der Waals surface area contributed by atoms with Gasteiger partial charge >= 0.3 is 0 Å². The summed E-state index contributed by atoms with van der Waals surface area (Å²) in [7, 11) is 0. The van der Waals surface area contributed by atoms with Crippen molar-refractivity contribution in [2.24, 2.45) is 0 Å². The van der Waals surface area contributed by atoms with Crippen molar-refractivity contribution in [1.29, 1.82) is 0 Å². The Balaban J connectivity index is 1.59. The van der Waals surface area contributed by atoms with Crippen LogP contribution >= 0.6 is 11.8 Å². The molecule has 30 heavy (non-hydrogen) atoms. The number of benzene rings is 1. The molecule has 1 aromatic carbocycles. The third-order valence-electron chi connectivity index (χ3n) is 4.54. The van der Waals surface area contributed by atoms with E-state index in [9.17, 15) is 9.59 Å². The molecular weight excluding hydrogens is 402 g/mol. The fourth-order valence-corrected chi connectivity index (χ4v) is 4.03. The molecule has 0 aliphatic carbocycles. The van der Waals surface area contributed by atoms with Gasteiger partial charge in [-0.1, -0.05) is 29.5 Å². The summed E-state index contributed by atoms with van der Waals surface area (Å²) in [5.74, 6) is 0.649. The molecule has 2 aromatic heterocycles. The number of hydrogen-bond donors (Lipinski definition) is 2. The molecule has 3 rings (SSSR count). The van der Waals surface area contributed by atoms with Gasteiger partial charge in [-0.15, -0.1) is 10.2 Å². The molecule has 9 heteroatoms. The monoisotopic (exact) mass is 427 g/mol. The van der Waals surface area contributed by atoms with Crippen molar-refractivity contribution in [3.8, 4) is 0 Å². The lowest BCUT2D eigenvalue weighted by molar-refractivity contribution is -0.113. The lowest BCUT2D eigenvalue weighted by atomic mass is 10.1. The van der Waals surface area contributed by atoms with Crippen LogP contribution in [0.15, 0.2) is 40.1 Å². The topological polar surface area (TPSA) is 102 Å². The van der Waals surface area contributed by atoms with Crippen LogP contribution in [0.4, 0.5) is 5.69 Å². The predicted molar refractivity (Wildman–Crippen MR) is 116 cm³/mol. The molecule has 158 valence electrons. The second kappa shape index (κ2) is 9.62. The number of nitrogens with zero attached hydrogens (tertiary/aromatic N) is 3. The molecule has 8 nitrogen and oxygen atoms in total. The Kier molecular flexibility index (Phi) is 6.94. The van der Waals surface area contributed by atoms with Crippen LogP contribution in [0, 0.1) is 20.8 Å². The molecule has 0 aliphatic rings. The van der Waals surface area contributed by atoms with Gasteiger partial charge in [0.15, 0.2) is 16.7 Å². The number of rotatable bonds is 8. The van der Waals surface area contributed by atoms with E-state index in [2.05, 4.69) is 20.8 Å². The van der Waals surface area contributed by atoms with Crippen molar-refractivity contribution in [1.82, 2.24) is 20.1 Å². The SMILES string of the molecule is CCn1c(CNC(=O)c2ccco2)nnc1SCC(=O)Nc1c(C)cc(C)cc1C. The average molecular weight is 428 g/mol. The number of hydrogen-bond acceptors (Lipinski definition) is 6. The van der Waals surface area contributed by atoms with Crippen molar-refractivity contribution >= 4 is 29.3 Å². The summed E-state index contributed by atoms with van der Waals surface area (Å²) >= 11 is 1.31. The molecular formula is C21H25N5O3S. The summed E-state index contributed by atoms with van der Waals surface area (Å²) in [6, 6.07) is 7.35. The van der Waals surface area contributed by atoms with Crippen molar-refractivity contribution in [3.05, 3.63) is 58.8 Å². The number of amides is 2. The van der Waals surface area contributed by atoms with Gasteiger partial charge in [-0.25, -0.2) is 0 Å². The predicted octanol–water partition coefficient (Wildman–Crippen LogP) is 3.48. The highest BCUT2D eigenvalue weighted by Crippen LogP contribution is 2.23. The zero-order chi connectivity index (χ0) is 21.7. The van der Waals surface area contributed by atoms with E-state index >= 15 is 0 Å². The normalized spacial score (nSPS) is 10.8. The van der Waals surface area contributed by atoms with Crippen molar-refractivity contribution < 1.29 is 14.0 Å². The third-order valence-corrected chi connectivity index (χ3v) is 5.50. The van der Waals surface area contributed by atoms with Crippen molar-refractivity contribution in [2.75, 3.05) is 11.1 Å². The maximum atomic E-state index is 12.5. The lowest BCUT2D eigenvalue weighted by Crippen LogP contribution is -2.24. The van der Waals surface area contributed by atoms with Crippen LogP contribution in [0.1, 0.15) is 40.0 Å². The summed E-state index contributed by atoms with van der Waals surface area (Å²) in [4.78, 5) is 24.5. The molecule has 2 N–H and O–H groups in total. The van der Waals surface area contributed by atoms with Gasteiger partial charge in [0.25, 0.3) is 5.91 Å². The highest BCUT2D eigenvalue weighted by atomic mass is 32.2. The van der Waals surface area contributed by atoms with E-state index in [4.69, 9.17) is 4.42 Å². The Morgan fingerprint density at radius 1 is 1.17 bits per heavy atom. The number of carbonyl (C=O) groups is 2. The number of aryl methyl sites for hydroxylation is 3. The minimum Gasteiger partial charge on any atom is -0.459 e. The molecule has 0 fully saturated rings. The van der Waals surface area contributed by atoms with E-state index in [1.807, 2.05) is 44.4 Å². The lowest BCUT2D eigenvalue weighted by Gasteiger charge is -2.13. The zero-order valence-electron chi connectivity index (χ0n) is 17.5. The number of anilines is 1. The third kappa shape index (κ3) is 5.10. The molecule has 0 aliphatic heterocycles. The molecule has 0 saturated carbocycles. The van der Waals surface area contributed by atoms with E-state index in [0.717, 1.165) is 16.8 Å². The van der Waals surface area contributed by atoms with Crippen LogP contribution in [0.2, 0.25) is 0 Å². The standard InChI is InChI=1S/C21H25N5O3S/c1-5-26-17(11-22-20(28)16-7-6-8-29-16)24-25-21(26)30-12-18(27)23-19-14(3)9-13(2)10-15(19)4/h6-10H,5,11-12H2,1-4H3,(H,22,28)(H,23,27). The molecule has 0 atom stereocenters. The van der Waals surface area contributed by atoms with Gasteiger partial charge in [-0.3, -0.25) is 9.59 Å². The van der Waals surface area contributed by atoms with Gasteiger partial charge in [0.2, 0.25) is 5.91 Å². The first-order valence-corrected chi connectivity index (χ1v) is 10.6. The number of carbonyl (C=O) groups excluding carboxylic acids is 2. The van der Waals surface area contributed by atoms with Gasteiger partial charge < -0.3 is 19.6 Å². The maximum absolute atomic E-state index is 12.5. The smallest absolute Gasteiger partial charge is 0.287 e. The van der Waals surface area contributed by atoms with Gasteiger partial charge in [0.05, 0.1) is 18.6 Å². The van der Waals surface area contributed by atoms with Crippen LogP contribution in [-0.2, 0) is 17.9 Å². The molecule has 2 heterocycles. The summed E-state index contributed by atoms with van der Waals surface area (Å²) in [5, 5.41) is 14.7. The first-order chi connectivity index (χ1) is 14.4. The molecule has 0 bridgehead atoms. The van der Waals surface area contributed by atoms with E-state index in [1.165, 1.54) is 23.6 Å². The molecule has 0 unspecified atom stereocenters. The Bertz CT molecular complexity index is 1020. The van der Waals surface area contributed by atoms with Gasteiger partial charge in [0.1, 0.15) is 0 Å². The molecule has 0 spiro atoms. The quantitative estimate of drug-likeness (QED) is 0.534.